The number of ether oxygens (including phenoxy) is 2. The molecule has 2 aromatic rings. The number of benzene rings is 2. The van der Waals surface area contributed by atoms with Gasteiger partial charge in [0.05, 0.1) is 6.61 Å². The molecule has 31 heavy (non-hydrogen) atoms. The molecule has 166 valence electrons. The van der Waals surface area contributed by atoms with Crippen LogP contribution in [0.1, 0.15) is 37.3 Å². The Morgan fingerprint density at radius 2 is 1.58 bits per heavy atom. The van der Waals surface area contributed by atoms with E-state index in [1.54, 1.807) is 12.1 Å². The molecule has 6 heteroatoms. The zero-order chi connectivity index (χ0) is 22.1. The Bertz CT molecular complexity index is 841. The van der Waals surface area contributed by atoms with Crippen LogP contribution >= 0.6 is 0 Å². The Morgan fingerprint density at radius 1 is 0.968 bits per heavy atom. The Kier molecular flexibility index (Phi) is 8.33. The van der Waals surface area contributed by atoms with Crippen LogP contribution in [0.4, 0.5) is 0 Å². The van der Waals surface area contributed by atoms with E-state index < -0.39 is 0 Å². The number of amides is 2. The van der Waals surface area contributed by atoms with Gasteiger partial charge in [0.1, 0.15) is 11.5 Å². The Labute approximate surface area is 184 Å². The molecule has 6 nitrogen and oxygen atoms in total. The molecular weight excluding hydrogens is 392 g/mol. The van der Waals surface area contributed by atoms with Crippen molar-refractivity contribution in [2.45, 2.75) is 45.6 Å². The molecular formula is C25H32N2O4. The van der Waals surface area contributed by atoms with Crippen LogP contribution in [-0.2, 0) is 16.0 Å². The highest BCUT2D eigenvalue weighted by atomic mass is 16.5. The second-order valence-corrected chi connectivity index (χ2v) is 7.90. The Hall–Kier alpha value is -3.02. The first-order valence-electron chi connectivity index (χ1n) is 11.0. The fraction of sp³-hybridized carbons (Fsp3) is 0.440. The van der Waals surface area contributed by atoms with Gasteiger partial charge in [0.2, 0.25) is 5.91 Å². The summed E-state index contributed by atoms with van der Waals surface area (Å²) >= 11 is 0. The minimum absolute atomic E-state index is 0.0154. The summed E-state index contributed by atoms with van der Waals surface area (Å²) in [5.74, 6) is 1.47. The van der Waals surface area contributed by atoms with Gasteiger partial charge in [-0.2, -0.15) is 0 Å². The van der Waals surface area contributed by atoms with Crippen molar-refractivity contribution >= 4 is 11.8 Å². The number of hydrogen-bond donors (Lipinski definition) is 1. The van der Waals surface area contributed by atoms with E-state index in [1.165, 1.54) is 11.1 Å². The molecule has 1 aliphatic rings. The summed E-state index contributed by atoms with van der Waals surface area (Å²) in [5, 5.41) is 3.11. The number of aryl methyl sites for hydroxylation is 2. The summed E-state index contributed by atoms with van der Waals surface area (Å²) in [7, 11) is 0. The van der Waals surface area contributed by atoms with Gasteiger partial charge in [-0.05, 0) is 62.9 Å². The summed E-state index contributed by atoms with van der Waals surface area (Å²) < 4.78 is 11.0. The van der Waals surface area contributed by atoms with Crippen molar-refractivity contribution in [1.29, 1.82) is 0 Å². The molecule has 0 aromatic heterocycles. The van der Waals surface area contributed by atoms with Crippen molar-refractivity contribution in [2.75, 3.05) is 26.3 Å². The van der Waals surface area contributed by atoms with E-state index in [-0.39, 0.29) is 24.5 Å². The van der Waals surface area contributed by atoms with E-state index in [1.807, 2.05) is 24.0 Å². The number of carbonyl (C=O) groups is 2. The van der Waals surface area contributed by atoms with Crippen molar-refractivity contribution in [3.05, 3.63) is 59.7 Å². The van der Waals surface area contributed by atoms with Crippen LogP contribution < -0.4 is 14.8 Å². The second kappa shape index (κ2) is 11.4. The average molecular weight is 425 g/mol. The Morgan fingerprint density at radius 3 is 2.19 bits per heavy atom. The maximum atomic E-state index is 12.4. The molecule has 0 unspecified atom stereocenters. The summed E-state index contributed by atoms with van der Waals surface area (Å²) in [5.41, 5.74) is 2.40. The minimum Gasteiger partial charge on any atom is -0.494 e. The smallest absolute Gasteiger partial charge is 0.260 e. The maximum absolute atomic E-state index is 12.4. The average Bonchev–Trinajstić information content (AvgIpc) is 2.79. The molecule has 1 fully saturated rings. The highest BCUT2D eigenvalue weighted by molar-refractivity contribution is 5.78. The van der Waals surface area contributed by atoms with Gasteiger partial charge in [-0.15, -0.1) is 0 Å². The standard InChI is InChI=1S/C25H32N2O4/c1-3-30-22-9-11-23(12-10-22)31-18-25(29)27-16-14-21(15-17-27)26-24(28)13-8-20-6-4-19(2)5-7-20/h4-7,9-12,21H,3,8,13-18H2,1-2H3,(H,26,28). The number of likely N-dealkylation sites (tertiary alicyclic amines) is 1. The van der Waals surface area contributed by atoms with E-state index in [4.69, 9.17) is 9.47 Å². The molecule has 0 aliphatic carbocycles. The van der Waals surface area contributed by atoms with E-state index >= 15 is 0 Å². The summed E-state index contributed by atoms with van der Waals surface area (Å²) in [4.78, 5) is 26.5. The SMILES string of the molecule is CCOc1ccc(OCC(=O)N2CCC(NC(=O)CCc3ccc(C)cc3)CC2)cc1. The molecule has 0 radical (unpaired) electrons. The fourth-order valence-electron chi connectivity index (χ4n) is 3.62. The largest absolute Gasteiger partial charge is 0.494 e. The monoisotopic (exact) mass is 424 g/mol. The molecule has 1 aliphatic heterocycles. The normalized spacial score (nSPS) is 14.2. The molecule has 3 rings (SSSR count). The van der Waals surface area contributed by atoms with Crippen molar-refractivity contribution < 1.29 is 19.1 Å². The number of nitrogens with one attached hydrogen (secondary N) is 1. The van der Waals surface area contributed by atoms with Crippen molar-refractivity contribution in [1.82, 2.24) is 10.2 Å². The molecule has 1 heterocycles. The summed E-state index contributed by atoms with van der Waals surface area (Å²) in [6.07, 6.45) is 2.76. The van der Waals surface area contributed by atoms with Crippen LogP contribution in [0.3, 0.4) is 0 Å². The number of nitrogens with zero attached hydrogens (tertiary/aromatic N) is 1. The van der Waals surface area contributed by atoms with Crippen LogP contribution in [-0.4, -0.2) is 49.1 Å². The molecule has 0 spiro atoms. The minimum atomic E-state index is -0.0296. The van der Waals surface area contributed by atoms with Gasteiger partial charge in [0.15, 0.2) is 6.61 Å². The third-order valence-electron chi connectivity index (χ3n) is 5.47. The van der Waals surface area contributed by atoms with Crippen molar-refractivity contribution in [3.8, 4) is 11.5 Å². The zero-order valence-electron chi connectivity index (χ0n) is 18.4. The number of hydrogen-bond acceptors (Lipinski definition) is 4. The first-order chi connectivity index (χ1) is 15.0. The summed E-state index contributed by atoms with van der Waals surface area (Å²) in [6.45, 7) is 5.88. The van der Waals surface area contributed by atoms with Gasteiger partial charge in [-0.1, -0.05) is 29.8 Å². The van der Waals surface area contributed by atoms with Crippen molar-refractivity contribution in [2.24, 2.45) is 0 Å². The van der Waals surface area contributed by atoms with Gasteiger partial charge >= 0.3 is 0 Å². The number of rotatable bonds is 9. The zero-order valence-corrected chi connectivity index (χ0v) is 18.4. The lowest BCUT2D eigenvalue weighted by Gasteiger charge is -2.32. The lowest BCUT2D eigenvalue weighted by atomic mass is 10.0. The quantitative estimate of drug-likeness (QED) is 0.669. The van der Waals surface area contributed by atoms with E-state index in [0.29, 0.717) is 31.9 Å². The third-order valence-corrected chi connectivity index (χ3v) is 5.47. The van der Waals surface area contributed by atoms with E-state index in [0.717, 1.165) is 25.0 Å². The highest BCUT2D eigenvalue weighted by Gasteiger charge is 2.24. The molecule has 0 bridgehead atoms. The van der Waals surface area contributed by atoms with Crippen LogP contribution in [0, 0.1) is 6.92 Å². The fourth-order valence-corrected chi connectivity index (χ4v) is 3.62. The van der Waals surface area contributed by atoms with Crippen LogP contribution in [0.2, 0.25) is 0 Å². The highest BCUT2D eigenvalue weighted by Crippen LogP contribution is 2.18. The predicted octanol–water partition coefficient (Wildman–Crippen LogP) is 3.51. The van der Waals surface area contributed by atoms with Crippen molar-refractivity contribution in [3.63, 3.8) is 0 Å². The van der Waals surface area contributed by atoms with Gasteiger partial charge in [-0.3, -0.25) is 9.59 Å². The molecule has 1 N–H and O–H groups in total. The topological polar surface area (TPSA) is 67.9 Å². The lowest BCUT2D eigenvalue weighted by molar-refractivity contribution is -0.134. The number of piperidine rings is 1. The number of carbonyl (C=O) groups excluding carboxylic acids is 2. The van der Waals surface area contributed by atoms with E-state index in [9.17, 15) is 9.59 Å². The van der Waals surface area contributed by atoms with Crippen LogP contribution in [0.5, 0.6) is 11.5 Å². The predicted molar refractivity (Wildman–Crippen MR) is 120 cm³/mol. The van der Waals surface area contributed by atoms with Gasteiger partial charge < -0.3 is 19.7 Å². The first kappa shape index (κ1) is 22.7. The lowest BCUT2D eigenvalue weighted by Crippen LogP contribution is -2.47. The second-order valence-electron chi connectivity index (χ2n) is 7.90. The van der Waals surface area contributed by atoms with Gasteiger partial charge in [0, 0.05) is 25.6 Å². The van der Waals surface area contributed by atoms with E-state index in [2.05, 4.69) is 36.5 Å². The first-order valence-corrected chi connectivity index (χ1v) is 11.0. The third kappa shape index (κ3) is 7.31. The molecule has 0 atom stereocenters. The maximum Gasteiger partial charge on any atom is 0.260 e. The molecule has 2 amide bonds. The molecule has 2 aromatic carbocycles. The van der Waals surface area contributed by atoms with Crippen LogP contribution in [0.15, 0.2) is 48.5 Å². The Balaban J connectivity index is 1.34. The van der Waals surface area contributed by atoms with Gasteiger partial charge in [-0.25, -0.2) is 0 Å². The van der Waals surface area contributed by atoms with Crippen LogP contribution in [0.25, 0.3) is 0 Å². The molecule has 0 saturated carbocycles. The van der Waals surface area contributed by atoms with Gasteiger partial charge in [0.25, 0.3) is 5.91 Å². The summed E-state index contributed by atoms with van der Waals surface area (Å²) in [6, 6.07) is 15.7. The molecule has 1 saturated heterocycles.